The summed E-state index contributed by atoms with van der Waals surface area (Å²) in [7, 11) is 0. The minimum Gasteiger partial charge on any atom is -0.310 e. The van der Waals surface area contributed by atoms with E-state index in [1.165, 1.54) is 105 Å². The lowest BCUT2D eigenvalue weighted by Gasteiger charge is -2.63. The van der Waals surface area contributed by atoms with Crippen molar-refractivity contribution in [3.05, 3.63) is 150 Å². The van der Waals surface area contributed by atoms with Crippen LogP contribution in [0.1, 0.15) is 94.9 Å². The summed E-state index contributed by atoms with van der Waals surface area (Å²) in [5.74, 6) is 3.29. The van der Waals surface area contributed by atoms with Gasteiger partial charge >= 0.3 is 0 Å². The van der Waals surface area contributed by atoms with Gasteiger partial charge in [-0.3, -0.25) is 0 Å². The molecule has 4 fully saturated rings. The molecule has 4 bridgehead atoms. The van der Waals surface area contributed by atoms with Crippen LogP contribution in [0, 0.1) is 23.7 Å². The van der Waals surface area contributed by atoms with Gasteiger partial charge in [0.15, 0.2) is 0 Å². The number of hydrogen-bond acceptors (Lipinski definition) is 2. The first-order valence-corrected chi connectivity index (χ1v) is 21.5. The maximum atomic E-state index is 2.64. The molecule has 270 valence electrons. The molecule has 12 rings (SSSR count). The molecule has 0 atom stereocenters. The molecule has 1 nitrogen and oxygen atoms in total. The van der Waals surface area contributed by atoms with E-state index in [-0.39, 0.29) is 16.2 Å². The molecule has 54 heavy (non-hydrogen) atoms. The molecular formula is C52H51NS. The molecule has 6 aliphatic rings. The first-order chi connectivity index (χ1) is 26.2. The molecule has 6 aromatic rings. The Hall–Kier alpha value is -4.27. The number of fused-ring (bicyclic) bond motifs is 4. The van der Waals surface area contributed by atoms with E-state index in [1.807, 2.05) is 11.8 Å². The molecule has 5 aliphatic carbocycles. The van der Waals surface area contributed by atoms with E-state index in [9.17, 15) is 0 Å². The second kappa shape index (κ2) is 11.9. The SMILES string of the molecule is CC1(C)CCC(C)(C)c2cc(-c3ccc(N(c4ccc5c(c4)C4(c6ccccc6S5)C5CC6CC(C5)CC4C6)c4cccc5ccccc45)cc3)ccc21. The van der Waals surface area contributed by atoms with Crippen LogP contribution in [0.3, 0.4) is 0 Å². The van der Waals surface area contributed by atoms with Gasteiger partial charge in [-0.2, -0.15) is 0 Å². The number of hydrogen-bond donors (Lipinski definition) is 0. The van der Waals surface area contributed by atoms with Gasteiger partial charge in [0.05, 0.1) is 5.69 Å². The summed E-state index contributed by atoms with van der Waals surface area (Å²) in [6, 6.07) is 49.5. The fourth-order valence-corrected chi connectivity index (χ4v) is 13.6. The summed E-state index contributed by atoms with van der Waals surface area (Å²) >= 11 is 2.01. The molecule has 0 saturated heterocycles. The van der Waals surface area contributed by atoms with Crippen LogP contribution >= 0.6 is 11.8 Å². The van der Waals surface area contributed by atoms with Crippen molar-refractivity contribution in [2.75, 3.05) is 4.90 Å². The Labute approximate surface area is 326 Å². The van der Waals surface area contributed by atoms with Crippen LogP contribution in [0.4, 0.5) is 17.1 Å². The highest BCUT2D eigenvalue weighted by Crippen LogP contribution is 2.69. The number of anilines is 3. The van der Waals surface area contributed by atoms with Gasteiger partial charge in [-0.25, -0.2) is 0 Å². The second-order valence-corrected chi connectivity index (χ2v) is 19.9. The number of benzene rings is 6. The van der Waals surface area contributed by atoms with Gasteiger partial charge in [-0.15, -0.1) is 0 Å². The highest BCUT2D eigenvalue weighted by Gasteiger charge is 2.60. The normalized spacial score (nSPS) is 26.7. The average Bonchev–Trinajstić information content (AvgIpc) is 3.18. The predicted molar refractivity (Wildman–Crippen MR) is 228 cm³/mol. The number of nitrogens with zero attached hydrogens (tertiary/aromatic N) is 1. The van der Waals surface area contributed by atoms with E-state index >= 15 is 0 Å². The molecule has 2 heteroatoms. The van der Waals surface area contributed by atoms with Crippen LogP contribution in [-0.4, -0.2) is 0 Å². The zero-order chi connectivity index (χ0) is 36.4. The molecule has 0 amide bonds. The summed E-state index contributed by atoms with van der Waals surface area (Å²) < 4.78 is 0. The van der Waals surface area contributed by atoms with Crippen LogP contribution < -0.4 is 4.90 Å². The molecule has 0 radical (unpaired) electrons. The van der Waals surface area contributed by atoms with E-state index in [4.69, 9.17) is 0 Å². The maximum absolute atomic E-state index is 2.64. The van der Waals surface area contributed by atoms with Gasteiger partial charge in [-0.05, 0) is 161 Å². The van der Waals surface area contributed by atoms with Gasteiger partial charge in [0.1, 0.15) is 0 Å². The summed E-state index contributed by atoms with van der Waals surface area (Å²) in [5.41, 5.74) is 13.1. The van der Waals surface area contributed by atoms with Crippen molar-refractivity contribution in [2.24, 2.45) is 23.7 Å². The Morgan fingerprint density at radius 1 is 0.500 bits per heavy atom. The second-order valence-electron chi connectivity index (χ2n) is 18.9. The molecule has 4 saturated carbocycles. The third-order valence-electron chi connectivity index (χ3n) is 15.0. The van der Waals surface area contributed by atoms with Crippen molar-refractivity contribution in [3.63, 3.8) is 0 Å². The molecule has 1 spiro atoms. The van der Waals surface area contributed by atoms with Crippen LogP contribution in [0.25, 0.3) is 21.9 Å². The minimum atomic E-state index is 0.101. The zero-order valence-corrected chi connectivity index (χ0v) is 33.1. The molecule has 0 N–H and O–H groups in total. The summed E-state index contributed by atoms with van der Waals surface area (Å²) in [6.45, 7) is 9.69. The van der Waals surface area contributed by atoms with Crippen LogP contribution in [0.5, 0.6) is 0 Å². The molecule has 6 aromatic carbocycles. The van der Waals surface area contributed by atoms with Crippen LogP contribution in [0.15, 0.2) is 137 Å². The highest BCUT2D eigenvalue weighted by molar-refractivity contribution is 7.99. The first kappa shape index (κ1) is 33.1. The van der Waals surface area contributed by atoms with Crippen molar-refractivity contribution in [1.29, 1.82) is 0 Å². The molecule has 0 unspecified atom stereocenters. The monoisotopic (exact) mass is 721 g/mol. The first-order valence-electron chi connectivity index (χ1n) is 20.6. The quantitative estimate of drug-likeness (QED) is 0.178. The summed E-state index contributed by atoms with van der Waals surface area (Å²) in [5, 5.41) is 2.56. The van der Waals surface area contributed by atoms with Crippen LogP contribution in [-0.2, 0) is 16.2 Å². The van der Waals surface area contributed by atoms with E-state index in [1.54, 1.807) is 11.1 Å². The Morgan fingerprint density at radius 3 is 1.91 bits per heavy atom. The predicted octanol–water partition coefficient (Wildman–Crippen LogP) is 14.5. The van der Waals surface area contributed by atoms with Gasteiger partial charge < -0.3 is 4.90 Å². The van der Waals surface area contributed by atoms with E-state index < -0.39 is 0 Å². The van der Waals surface area contributed by atoms with Crippen molar-refractivity contribution in [2.45, 2.75) is 98.7 Å². The van der Waals surface area contributed by atoms with Crippen LogP contribution in [0.2, 0.25) is 0 Å². The fraction of sp³-hybridized carbons (Fsp3) is 0.346. The Kier molecular flexibility index (Phi) is 7.27. The van der Waals surface area contributed by atoms with Gasteiger partial charge in [0.2, 0.25) is 0 Å². The third kappa shape index (κ3) is 4.84. The van der Waals surface area contributed by atoms with Crippen molar-refractivity contribution in [3.8, 4) is 11.1 Å². The summed E-state index contributed by atoms with van der Waals surface area (Å²) in [4.78, 5) is 5.51. The molecule has 1 aliphatic heterocycles. The van der Waals surface area contributed by atoms with E-state index in [2.05, 4.69) is 160 Å². The Bertz CT molecular complexity index is 2420. The number of rotatable bonds is 4. The topological polar surface area (TPSA) is 3.24 Å². The third-order valence-corrected chi connectivity index (χ3v) is 16.1. The standard InChI is InChI=1S/C52H51NS/c1-50(2)24-25-51(3,4)45-31-37(18-22-43(45)50)35-16-19-40(20-17-35)53(47-14-9-11-36-10-5-6-12-42(36)47)41-21-23-49-46(32-41)52(44-13-7-8-15-48(44)54-49)38-27-33-26-34(29-38)30-39(52)28-33/h5-23,31-34,38-39H,24-30H2,1-4H3. The smallest absolute Gasteiger partial charge is 0.0540 e. The van der Waals surface area contributed by atoms with Crippen molar-refractivity contribution >= 4 is 39.6 Å². The lowest BCUT2D eigenvalue weighted by Crippen LogP contribution is -2.57. The fourth-order valence-electron chi connectivity index (χ4n) is 12.4. The van der Waals surface area contributed by atoms with Gasteiger partial charge in [0.25, 0.3) is 0 Å². The van der Waals surface area contributed by atoms with E-state index in [0.29, 0.717) is 0 Å². The Balaban J connectivity index is 1.07. The van der Waals surface area contributed by atoms with Gasteiger partial charge in [-0.1, -0.05) is 124 Å². The molecular weight excluding hydrogens is 671 g/mol. The van der Waals surface area contributed by atoms with Gasteiger partial charge in [0, 0.05) is 32.0 Å². The van der Waals surface area contributed by atoms with Crippen molar-refractivity contribution < 1.29 is 0 Å². The highest BCUT2D eigenvalue weighted by atomic mass is 32.2. The van der Waals surface area contributed by atoms with E-state index in [0.717, 1.165) is 23.7 Å². The molecule has 0 aromatic heterocycles. The summed E-state index contributed by atoms with van der Waals surface area (Å²) in [6.07, 6.45) is 9.50. The maximum Gasteiger partial charge on any atom is 0.0540 e. The minimum absolute atomic E-state index is 0.101. The lowest BCUT2D eigenvalue weighted by atomic mass is 9.42. The lowest BCUT2D eigenvalue weighted by molar-refractivity contribution is -0.0443. The molecule has 1 heterocycles. The largest absolute Gasteiger partial charge is 0.310 e. The zero-order valence-electron chi connectivity index (χ0n) is 32.2. The van der Waals surface area contributed by atoms with Crippen molar-refractivity contribution in [1.82, 2.24) is 0 Å². The average molecular weight is 722 g/mol. The Morgan fingerprint density at radius 2 is 1.13 bits per heavy atom.